The predicted molar refractivity (Wildman–Crippen MR) is 175 cm³/mol. The van der Waals surface area contributed by atoms with Crippen LogP contribution in [0.3, 0.4) is 0 Å². The van der Waals surface area contributed by atoms with Gasteiger partial charge in [0, 0.05) is 6.42 Å². The first-order chi connectivity index (χ1) is 19.7. The zero-order chi connectivity index (χ0) is 29.4. The third-order valence-electron chi connectivity index (χ3n) is 7.31. The van der Waals surface area contributed by atoms with Crippen molar-refractivity contribution in [1.29, 1.82) is 0 Å². The molecule has 0 aliphatic rings. The van der Waals surface area contributed by atoms with Crippen LogP contribution < -0.4 is 5.32 Å². The first kappa shape index (κ1) is 38.4. The molecule has 3 N–H and O–H groups in total. The third-order valence-corrected chi connectivity index (χ3v) is 7.31. The molecule has 0 aromatic carbocycles. The number of allylic oxidation sites excluding steroid dienone is 7. The number of nitrogens with one attached hydrogen (secondary N) is 1. The minimum Gasteiger partial charge on any atom is -0.394 e. The molecule has 4 heteroatoms. The number of rotatable bonds is 29. The summed E-state index contributed by atoms with van der Waals surface area (Å²) in [6.45, 7) is 4.22. The van der Waals surface area contributed by atoms with Crippen LogP contribution in [0.4, 0.5) is 0 Å². The van der Waals surface area contributed by atoms with Crippen LogP contribution >= 0.6 is 0 Å². The van der Waals surface area contributed by atoms with Crippen LogP contribution in [0.15, 0.2) is 48.6 Å². The lowest BCUT2D eigenvalue weighted by Crippen LogP contribution is -2.45. The van der Waals surface area contributed by atoms with E-state index in [-0.39, 0.29) is 12.5 Å². The number of carbonyl (C=O) groups excluding carboxylic acids is 1. The summed E-state index contributed by atoms with van der Waals surface area (Å²) in [6.07, 6.45) is 41.8. The van der Waals surface area contributed by atoms with Crippen LogP contribution in [0, 0.1) is 0 Å². The van der Waals surface area contributed by atoms with Crippen molar-refractivity contribution in [3.8, 4) is 0 Å². The van der Waals surface area contributed by atoms with E-state index in [2.05, 4.69) is 55.6 Å². The Balaban J connectivity index is 3.75. The van der Waals surface area contributed by atoms with Gasteiger partial charge in [0.2, 0.25) is 5.91 Å². The van der Waals surface area contributed by atoms with Crippen molar-refractivity contribution in [3.63, 3.8) is 0 Å². The minimum atomic E-state index is -0.865. The molecule has 1 amide bonds. The fourth-order valence-electron chi connectivity index (χ4n) is 4.65. The van der Waals surface area contributed by atoms with Gasteiger partial charge in [0.05, 0.1) is 18.8 Å². The molecule has 0 spiro atoms. The maximum Gasteiger partial charge on any atom is 0.220 e. The van der Waals surface area contributed by atoms with Gasteiger partial charge >= 0.3 is 0 Å². The molecular weight excluding hydrogens is 494 g/mol. The summed E-state index contributed by atoms with van der Waals surface area (Å²) in [5.41, 5.74) is 0. The Labute approximate surface area is 248 Å². The maximum absolute atomic E-state index is 12.3. The van der Waals surface area contributed by atoms with Gasteiger partial charge in [-0.15, -0.1) is 0 Å². The van der Waals surface area contributed by atoms with Crippen LogP contribution in [0.25, 0.3) is 0 Å². The molecule has 0 heterocycles. The van der Waals surface area contributed by atoms with Gasteiger partial charge in [-0.3, -0.25) is 4.79 Å². The third kappa shape index (κ3) is 27.9. The molecule has 0 bridgehead atoms. The summed E-state index contributed by atoms with van der Waals surface area (Å²) in [6, 6.07) is -0.643. The summed E-state index contributed by atoms with van der Waals surface area (Å²) in [5.74, 6) is -0.0901. The van der Waals surface area contributed by atoms with Gasteiger partial charge in [0.1, 0.15) is 0 Å². The summed E-state index contributed by atoms with van der Waals surface area (Å²) < 4.78 is 0. The predicted octanol–water partition coefficient (Wildman–Crippen LogP) is 9.67. The lowest BCUT2D eigenvalue weighted by molar-refractivity contribution is -0.123. The average Bonchev–Trinajstić information content (AvgIpc) is 2.96. The second kappa shape index (κ2) is 31.9. The van der Waals surface area contributed by atoms with E-state index in [0.29, 0.717) is 6.42 Å². The molecule has 0 saturated heterocycles. The SMILES string of the molecule is CCCCC/C=C\C=C/CCCCCCCCC(=O)NC(CO)C(O)/C=C/CC/C=C/CCCCCCCCC. The smallest absolute Gasteiger partial charge is 0.220 e. The van der Waals surface area contributed by atoms with E-state index in [4.69, 9.17) is 0 Å². The van der Waals surface area contributed by atoms with Gasteiger partial charge in [-0.1, -0.05) is 140 Å². The first-order valence-corrected chi connectivity index (χ1v) is 16.9. The number of aliphatic hydroxyl groups is 2. The quantitative estimate of drug-likeness (QED) is 0.0485. The van der Waals surface area contributed by atoms with E-state index in [1.807, 2.05) is 6.08 Å². The van der Waals surface area contributed by atoms with Gasteiger partial charge < -0.3 is 15.5 Å². The van der Waals surface area contributed by atoms with E-state index in [1.54, 1.807) is 6.08 Å². The normalized spacial score (nSPS) is 13.8. The van der Waals surface area contributed by atoms with E-state index < -0.39 is 12.1 Å². The van der Waals surface area contributed by atoms with Crippen molar-refractivity contribution in [1.82, 2.24) is 5.32 Å². The highest BCUT2D eigenvalue weighted by Crippen LogP contribution is 2.11. The van der Waals surface area contributed by atoms with E-state index in [9.17, 15) is 15.0 Å². The number of carbonyl (C=O) groups is 1. The van der Waals surface area contributed by atoms with Gasteiger partial charge in [0.15, 0.2) is 0 Å². The van der Waals surface area contributed by atoms with E-state index in [0.717, 1.165) is 44.9 Å². The highest BCUT2D eigenvalue weighted by atomic mass is 16.3. The monoisotopic (exact) mass is 559 g/mol. The molecule has 4 nitrogen and oxygen atoms in total. The summed E-state index contributed by atoms with van der Waals surface area (Å²) in [5, 5.41) is 22.8. The lowest BCUT2D eigenvalue weighted by Gasteiger charge is -2.19. The Hall–Kier alpha value is -1.65. The van der Waals surface area contributed by atoms with Gasteiger partial charge in [-0.25, -0.2) is 0 Å². The highest BCUT2D eigenvalue weighted by Gasteiger charge is 2.17. The number of hydrogen-bond donors (Lipinski definition) is 3. The highest BCUT2D eigenvalue weighted by molar-refractivity contribution is 5.76. The fourth-order valence-corrected chi connectivity index (χ4v) is 4.65. The van der Waals surface area contributed by atoms with Gasteiger partial charge in [-0.05, 0) is 57.8 Å². The second-order valence-corrected chi connectivity index (χ2v) is 11.2. The summed E-state index contributed by atoms with van der Waals surface area (Å²) >= 11 is 0. The molecule has 0 fully saturated rings. The lowest BCUT2D eigenvalue weighted by atomic mass is 10.1. The van der Waals surface area contributed by atoms with Crippen molar-refractivity contribution in [3.05, 3.63) is 48.6 Å². The number of hydrogen-bond acceptors (Lipinski definition) is 3. The molecule has 2 unspecified atom stereocenters. The molecule has 40 heavy (non-hydrogen) atoms. The fraction of sp³-hybridized carbons (Fsp3) is 0.750. The molecule has 0 rings (SSSR count). The number of unbranched alkanes of at least 4 members (excludes halogenated alkanes) is 17. The molecule has 0 saturated carbocycles. The van der Waals surface area contributed by atoms with Crippen molar-refractivity contribution in [2.75, 3.05) is 6.61 Å². The van der Waals surface area contributed by atoms with Crippen molar-refractivity contribution in [2.45, 2.75) is 167 Å². The zero-order valence-electron chi connectivity index (χ0n) is 26.3. The van der Waals surface area contributed by atoms with Crippen molar-refractivity contribution >= 4 is 5.91 Å². The van der Waals surface area contributed by atoms with Crippen molar-refractivity contribution < 1.29 is 15.0 Å². The number of amides is 1. The molecule has 2 atom stereocenters. The van der Waals surface area contributed by atoms with Crippen LogP contribution in [0.1, 0.15) is 155 Å². The summed E-state index contributed by atoms with van der Waals surface area (Å²) in [4.78, 5) is 12.3. The van der Waals surface area contributed by atoms with Gasteiger partial charge in [-0.2, -0.15) is 0 Å². The Morgan fingerprint density at radius 3 is 1.65 bits per heavy atom. The Morgan fingerprint density at radius 1 is 0.600 bits per heavy atom. The Bertz CT molecular complexity index is 652. The van der Waals surface area contributed by atoms with Gasteiger partial charge in [0.25, 0.3) is 0 Å². The van der Waals surface area contributed by atoms with Crippen LogP contribution in [-0.4, -0.2) is 34.9 Å². The molecule has 0 aliphatic carbocycles. The second-order valence-electron chi connectivity index (χ2n) is 11.2. The van der Waals surface area contributed by atoms with Crippen LogP contribution in [-0.2, 0) is 4.79 Å². The van der Waals surface area contributed by atoms with Crippen molar-refractivity contribution in [2.24, 2.45) is 0 Å². The Morgan fingerprint density at radius 2 is 1.05 bits per heavy atom. The first-order valence-electron chi connectivity index (χ1n) is 16.9. The molecule has 232 valence electrons. The maximum atomic E-state index is 12.3. The zero-order valence-corrected chi connectivity index (χ0v) is 26.3. The molecular formula is C36H65NO3. The number of aliphatic hydroxyl groups excluding tert-OH is 2. The van der Waals surface area contributed by atoms with E-state index >= 15 is 0 Å². The Kier molecular flexibility index (Phi) is 30.6. The average molecular weight is 560 g/mol. The standard InChI is InChI=1S/C36H65NO3/c1-3-5-7-9-11-13-15-17-18-20-22-24-26-28-30-32-36(40)37-34(33-38)35(39)31-29-27-25-23-21-19-16-14-12-10-8-6-4-2/h11,13,15,17,21,23,29,31,34-35,38-39H,3-10,12,14,16,18-20,22,24-28,30,32-33H2,1-2H3,(H,37,40)/b13-11-,17-15-,23-21+,31-29+. The minimum absolute atomic E-state index is 0.0901. The molecule has 0 aromatic rings. The molecule has 0 aromatic heterocycles. The van der Waals surface area contributed by atoms with Crippen LogP contribution in [0.5, 0.6) is 0 Å². The topological polar surface area (TPSA) is 69.6 Å². The molecule has 0 radical (unpaired) electrons. The largest absolute Gasteiger partial charge is 0.394 e. The molecule has 0 aliphatic heterocycles. The summed E-state index contributed by atoms with van der Waals surface area (Å²) in [7, 11) is 0. The van der Waals surface area contributed by atoms with Crippen LogP contribution in [0.2, 0.25) is 0 Å². The van der Waals surface area contributed by atoms with E-state index in [1.165, 1.54) is 89.9 Å².